The fraction of sp³-hybridized carbons (Fsp3) is 0.571. The molecule has 1 saturated heterocycles. The molecule has 0 amide bonds. The summed E-state index contributed by atoms with van der Waals surface area (Å²) >= 11 is 3.03. The van der Waals surface area contributed by atoms with Gasteiger partial charge in [0.15, 0.2) is 0 Å². The van der Waals surface area contributed by atoms with E-state index in [1.165, 1.54) is 12.1 Å². The van der Waals surface area contributed by atoms with E-state index in [4.69, 9.17) is 4.74 Å². The number of aliphatic hydroxyl groups is 1. The van der Waals surface area contributed by atoms with E-state index in [2.05, 4.69) is 15.9 Å². The van der Waals surface area contributed by atoms with Crippen molar-refractivity contribution in [1.82, 2.24) is 0 Å². The molecule has 0 radical (unpaired) electrons. The summed E-state index contributed by atoms with van der Waals surface area (Å²) < 4.78 is 33.9. The topological polar surface area (TPSA) is 29.5 Å². The maximum Gasteiger partial charge on any atom is 0.146 e. The average Bonchev–Trinajstić information content (AvgIpc) is 2.34. The minimum atomic E-state index is -1.53. The summed E-state index contributed by atoms with van der Waals surface area (Å²) in [5, 5.41) is 10.7. The molecule has 2 nitrogen and oxygen atoms in total. The highest BCUT2D eigenvalue weighted by Gasteiger charge is 2.45. The zero-order valence-corrected chi connectivity index (χ0v) is 12.6. The summed E-state index contributed by atoms with van der Waals surface area (Å²) in [6.07, 6.45) is 1.04. The molecule has 1 fully saturated rings. The molecule has 0 aliphatic carbocycles. The molecule has 1 aliphatic rings. The zero-order valence-electron chi connectivity index (χ0n) is 11.0. The predicted octanol–water partition coefficient (Wildman–Crippen LogP) is 3.89. The third-order valence-corrected chi connectivity index (χ3v) is 4.50. The second kappa shape index (κ2) is 5.11. The highest BCUT2D eigenvalue weighted by atomic mass is 79.9. The van der Waals surface area contributed by atoms with Crippen molar-refractivity contribution < 1.29 is 18.6 Å². The minimum absolute atomic E-state index is 0.155. The molecule has 0 saturated carbocycles. The quantitative estimate of drug-likeness (QED) is 0.831. The maximum atomic E-state index is 14.2. The van der Waals surface area contributed by atoms with Crippen LogP contribution in [0.2, 0.25) is 0 Å². The van der Waals surface area contributed by atoms with Gasteiger partial charge in [-0.25, -0.2) is 8.78 Å². The number of ether oxygens (including phenoxy) is 1. The van der Waals surface area contributed by atoms with Crippen LogP contribution >= 0.6 is 15.9 Å². The number of hydrogen-bond donors (Lipinski definition) is 1. The van der Waals surface area contributed by atoms with Crippen molar-refractivity contribution in [2.75, 3.05) is 6.61 Å². The van der Waals surface area contributed by atoms with Gasteiger partial charge >= 0.3 is 0 Å². The minimum Gasteiger partial charge on any atom is -0.385 e. The van der Waals surface area contributed by atoms with E-state index in [1.807, 2.05) is 13.8 Å². The van der Waals surface area contributed by atoms with Crippen LogP contribution in [-0.4, -0.2) is 17.3 Å². The van der Waals surface area contributed by atoms with Crippen molar-refractivity contribution in [3.05, 3.63) is 33.8 Å². The summed E-state index contributed by atoms with van der Waals surface area (Å²) in [6, 6.07) is 2.47. The van der Waals surface area contributed by atoms with E-state index in [-0.39, 0.29) is 29.5 Å². The third-order valence-electron chi connectivity index (χ3n) is 3.89. The number of halogens is 3. The van der Waals surface area contributed by atoms with E-state index >= 15 is 0 Å². The lowest BCUT2D eigenvalue weighted by atomic mass is 9.77. The summed E-state index contributed by atoms with van der Waals surface area (Å²) in [4.78, 5) is 0. The SMILES string of the molecule is CCC1(C)CC(O)(c2c(F)ccc(Br)c2F)CCO1. The van der Waals surface area contributed by atoms with Crippen LogP contribution in [0.5, 0.6) is 0 Å². The molecule has 1 N–H and O–H groups in total. The highest BCUT2D eigenvalue weighted by Crippen LogP contribution is 2.43. The summed E-state index contributed by atoms with van der Waals surface area (Å²) in [6.45, 7) is 4.07. The summed E-state index contributed by atoms with van der Waals surface area (Å²) in [5.41, 5.74) is -2.35. The Hall–Kier alpha value is -0.520. The molecule has 1 heterocycles. The van der Waals surface area contributed by atoms with Crippen LogP contribution in [0.25, 0.3) is 0 Å². The van der Waals surface area contributed by atoms with Crippen molar-refractivity contribution in [2.45, 2.75) is 44.3 Å². The first-order valence-corrected chi connectivity index (χ1v) is 7.11. The van der Waals surface area contributed by atoms with E-state index in [0.717, 1.165) is 0 Å². The number of hydrogen-bond acceptors (Lipinski definition) is 2. The Balaban J connectivity index is 2.48. The van der Waals surface area contributed by atoms with Crippen LogP contribution in [-0.2, 0) is 10.3 Å². The molecule has 1 aliphatic heterocycles. The van der Waals surface area contributed by atoms with Crippen LogP contribution in [0.15, 0.2) is 16.6 Å². The smallest absolute Gasteiger partial charge is 0.146 e. The van der Waals surface area contributed by atoms with Crippen molar-refractivity contribution in [3.8, 4) is 0 Å². The Morgan fingerprint density at radius 1 is 1.42 bits per heavy atom. The van der Waals surface area contributed by atoms with Crippen molar-refractivity contribution in [1.29, 1.82) is 0 Å². The molecule has 19 heavy (non-hydrogen) atoms. The van der Waals surface area contributed by atoms with Crippen molar-refractivity contribution >= 4 is 15.9 Å². The van der Waals surface area contributed by atoms with Gasteiger partial charge in [0.05, 0.1) is 22.2 Å². The molecule has 0 spiro atoms. The van der Waals surface area contributed by atoms with Crippen LogP contribution in [0.3, 0.4) is 0 Å². The molecule has 0 aromatic heterocycles. The van der Waals surface area contributed by atoms with Gasteiger partial charge in [-0.1, -0.05) is 6.92 Å². The zero-order chi connectivity index (χ0) is 14.3. The lowest BCUT2D eigenvalue weighted by Gasteiger charge is -2.43. The van der Waals surface area contributed by atoms with Gasteiger partial charge in [0.2, 0.25) is 0 Å². The first-order valence-electron chi connectivity index (χ1n) is 6.32. The molecule has 2 rings (SSSR count). The third kappa shape index (κ3) is 2.69. The van der Waals surface area contributed by atoms with Crippen LogP contribution < -0.4 is 0 Å². The van der Waals surface area contributed by atoms with Gasteiger partial charge < -0.3 is 9.84 Å². The van der Waals surface area contributed by atoms with Gasteiger partial charge in [0.1, 0.15) is 17.2 Å². The number of rotatable bonds is 2. The molecule has 106 valence electrons. The van der Waals surface area contributed by atoms with Crippen molar-refractivity contribution in [2.24, 2.45) is 0 Å². The largest absolute Gasteiger partial charge is 0.385 e. The predicted molar refractivity (Wildman–Crippen MR) is 71.8 cm³/mol. The Morgan fingerprint density at radius 2 is 2.11 bits per heavy atom. The monoisotopic (exact) mass is 334 g/mol. The molecule has 1 aromatic rings. The standard InChI is InChI=1S/C14H17BrF2O2/c1-3-13(2)8-14(18,6-7-19-13)11-10(16)5-4-9(15)12(11)17/h4-5,18H,3,6-8H2,1-2H3. The summed E-state index contributed by atoms with van der Waals surface area (Å²) in [7, 11) is 0. The van der Waals surface area contributed by atoms with Crippen LogP contribution in [0.4, 0.5) is 8.78 Å². The Morgan fingerprint density at radius 3 is 2.74 bits per heavy atom. The first kappa shape index (κ1) is 14.9. The maximum absolute atomic E-state index is 14.2. The Labute approximate surface area is 119 Å². The van der Waals surface area contributed by atoms with Gasteiger partial charge in [-0.15, -0.1) is 0 Å². The Kier molecular flexibility index (Phi) is 4.00. The molecular weight excluding hydrogens is 318 g/mol. The first-order chi connectivity index (χ1) is 8.81. The molecular formula is C14H17BrF2O2. The number of benzene rings is 1. The molecule has 1 aromatic carbocycles. The molecule has 5 heteroatoms. The second-order valence-corrected chi connectivity index (χ2v) is 6.18. The molecule has 2 atom stereocenters. The van der Waals surface area contributed by atoms with E-state index in [0.29, 0.717) is 6.42 Å². The van der Waals surface area contributed by atoms with Crippen LogP contribution in [0, 0.1) is 11.6 Å². The van der Waals surface area contributed by atoms with Gasteiger partial charge in [0.25, 0.3) is 0 Å². The lowest BCUT2D eigenvalue weighted by molar-refractivity contribution is -0.159. The van der Waals surface area contributed by atoms with Gasteiger partial charge in [-0.2, -0.15) is 0 Å². The van der Waals surface area contributed by atoms with E-state index in [9.17, 15) is 13.9 Å². The van der Waals surface area contributed by atoms with E-state index in [1.54, 1.807) is 0 Å². The lowest BCUT2D eigenvalue weighted by Crippen LogP contribution is -2.46. The highest BCUT2D eigenvalue weighted by molar-refractivity contribution is 9.10. The Bertz CT molecular complexity index is 495. The fourth-order valence-corrected chi connectivity index (χ4v) is 2.95. The van der Waals surface area contributed by atoms with Crippen LogP contribution in [0.1, 0.15) is 38.7 Å². The molecule has 0 bridgehead atoms. The average molecular weight is 335 g/mol. The van der Waals surface area contributed by atoms with Gasteiger partial charge in [-0.3, -0.25) is 0 Å². The van der Waals surface area contributed by atoms with Gasteiger partial charge in [-0.05, 0) is 41.4 Å². The summed E-state index contributed by atoms with van der Waals surface area (Å²) in [5.74, 6) is -1.45. The van der Waals surface area contributed by atoms with Gasteiger partial charge in [0, 0.05) is 12.8 Å². The van der Waals surface area contributed by atoms with E-state index < -0.39 is 22.8 Å². The van der Waals surface area contributed by atoms with Crippen molar-refractivity contribution in [3.63, 3.8) is 0 Å². The molecule has 2 unspecified atom stereocenters. The normalized spacial score (nSPS) is 31.5. The fourth-order valence-electron chi connectivity index (χ4n) is 2.62. The second-order valence-electron chi connectivity index (χ2n) is 5.33.